The number of pyridine rings is 1. The first-order valence-corrected chi connectivity index (χ1v) is 12.1. The summed E-state index contributed by atoms with van der Waals surface area (Å²) in [4.78, 5) is 9.37. The van der Waals surface area contributed by atoms with Crippen LogP contribution in [0.25, 0.3) is 22.3 Å². The molecule has 2 unspecified atom stereocenters. The van der Waals surface area contributed by atoms with E-state index in [0.717, 1.165) is 11.0 Å². The Labute approximate surface area is 184 Å². The second-order valence-electron chi connectivity index (χ2n) is 8.75. The van der Waals surface area contributed by atoms with Gasteiger partial charge in [-0.25, -0.2) is 17.2 Å². The Kier molecular flexibility index (Phi) is 4.37. The van der Waals surface area contributed by atoms with E-state index in [-0.39, 0.29) is 30.0 Å². The van der Waals surface area contributed by atoms with E-state index < -0.39 is 22.5 Å². The summed E-state index contributed by atoms with van der Waals surface area (Å²) in [6, 6.07) is 10.1. The van der Waals surface area contributed by atoms with Crippen LogP contribution in [0.5, 0.6) is 0 Å². The fourth-order valence-electron chi connectivity index (χ4n) is 5.00. The van der Waals surface area contributed by atoms with Crippen molar-refractivity contribution in [1.82, 2.24) is 14.3 Å². The highest BCUT2D eigenvalue weighted by atomic mass is 32.2. The molecule has 0 radical (unpaired) electrons. The summed E-state index contributed by atoms with van der Waals surface area (Å²) in [6.07, 6.45) is 2.10. The van der Waals surface area contributed by atoms with E-state index in [1.807, 2.05) is 12.1 Å². The Morgan fingerprint density at radius 1 is 1.22 bits per heavy atom. The molecule has 2 atom stereocenters. The highest BCUT2D eigenvalue weighted by Crippen LogP contribution is 2.40. The summed E-state index contributed by atoms with van der Waals surface area (Å²) >= 11 is 0. The van der Waals surface area contributed by atoms with E-state index in [0.29, 0.717) is 36.5 Å². The maximum absolute atomic E-state index is 14.0. The second-order valence-corrected chi connectivity index (χ2v) is 10.6. The minimum atomic E-state index is -3.74. The van der Waals surface area contributed by atoms with Gasteiger partial charge in [0, 0.05) is 37.0 Å². The molecule has 5 heterocycles. The number of alkyl halides is 2. The second kappa shape index (κ2) is 6.97. The number of anilines is 1. The molecule has 6 rings (SSSR count). The predicted molar refractivity (Wildman–Crippen MR) is 115 cm³/mol. The number of nitrogens with one attached hydrogen (secondary N) is 1. The van der Waals surface area contributed by atoms with Gasteiger partial charge in [0.2, 0.25) is 10.0 Å². The molecule has 3 aromatic rings. The van der Waals surface area contributed by atoms with Crippen molar-refractivity contribution in [2.45, 2.75) is 35.8 Å². The van der Waals surface area contributed by atoms with Crippen LogP contribution in [0.15, 0.2) is 47.5 Å². The van der Waals surface area contributed by atoms with Crippen molar-refractivity contribution in [3.8, 4) is 11.3 Å². The van der Waals surface area contributed by atoms with Crippen molar-refractivity contribution in [1.29, 1.82) is 0 Å². The third-order valence-electron chi connectivity index (χ3n) is 6.61. The third-order valence-corrected chi connectivity index (χ3v) is 8.53. The largest absolute Gasteiger partial charge is 0.375 e. The lowest BCUT2D eigenvalue weighted by Crippen LogP contribution is -2.41. The van der Waals surface area contributed by atoms with Crippen LogP contribution in [-0.2, 0) is 14.8 Å². The topological polar surface area (TPSA) is 78.5 Å². The predicted octanol–water partition coefficient (Wildman–Crippen LogP) is 3.24. The highest BCUT2D eigenvalue weighted by Gasteiger charge is 2.46. The number of H-pyrrole nitrogens is 1. The van der Waals surface area contributed by atoms with Crippen molar-refractivity contribution < 1.29 is 21.9 Å². The van der Waals surface area contributed by atoms with Gasteiger partial charge in [-0.3, -0.25) is 4.98 Å². The van der Waals surface area contributed by atoms with Gasteiger partial charge in [0.15, 0.2) is 0 Å². The number of nitrogens with zero attached hydrogens (tertiary/aromatic N) is 3. The van der Waals surface area contributed by atoms with E-state index >= 15 is 0 Å². The number of ether oxygens (including phenoxy) is 1. The summed E-state index contributed by atoms with van der Waals surface area (Å²) in [7, 11) is -3.74. The summed E-state index contributed by atoms with van der Waals surface area (Å²) in [5.41, 5.74) is 3.32. The average molecular weight is 461 g/mol. The maximum atomic E-state index is 14.0. The van der Waals surface area contributed by atoms with Gasteiger partial charge in [-0.1, -0.05) is 0 Å². The van der Waals surface area contributed by atoms with Gasteiger partial charge in [0.25, 0.3) is 5.92 Å². The van der Waals surface area contributed by atoms with Gasteiger partial charge in [-0.2, -0.15) is 4.31 Å². The molecule has 3 saturated heterocycles. The van der Waals surface area contributed by atoms with Crippen LogP contribution in [0, 0.1) is 0 Å². The lowest BCUT2D eigenvalue weighted by Gasteiger charge is -2.27. The number of rotatable bonds is 4. The van der Waals surface area contributed by atoms with Crippen LogP contribution in [0.3, 0.4) is 0 Å². The molecule has 1 aromatic carbocycles. The number of halogens is 2. The molecule has 2 aromatic heterocycles. The molecule has 32 heavy (non-hydrogen) atoms. The molecular formula is C22H22F2N4O3S. The molecule has 7 nitrogen and oxygen atoms in total. The molecular weight excluding hydrogens is 438 g/mol. The van der Waals surface area contributed by atoms with Crippen molar-refractivity contribution in [2.24, 2.45) is 0 Å². The average Bonchev–Trinajstić information content (AvgIpc) is 3.56. The Bertz CT molecular complexity index is 1280. The zero-order valence-corrected chi connectivity index (χ0v) is 18.0. The first kappa shape index (κ1) is 20.1. The molecule has 0 spiro atoms. The SMILES string of the molecule is O=S(=O)(c1ccc(N2CCC(F)(F)C2)c(-c2cc3ncccc3[nH]2)c1)N1CC2CC1CO2. The van der Waals surface area contributed by atoms with Crippen LogP contribution in [-0.4, -0.2) is 67.0 Å². The summed E-state index contributed by atoms with van der Waals surface area (Å²) in [6.45, 7) is 0.569. The Balaban J connectivity index is 1.46. The van der Waals surface area contributed by atoms with Crippen LogP contribution >= 0.6 is 0 Å². The Morgan fingerprint density at radius 3 is 2.78 bits per heavy atom. The number of morpholine rings is 1. The molecule has 0 saturated carbocycles. The number of fused-ring (bicyclic) bond motifs is 3. The van der Waals surface area contributed by atoms with Gasteiger partial charge >= 0.3 is 0 Å². The molecule has 3 aliphatic heterocycles. The normalized spacial score (nSPS) is 25.2. The highest BCUT2D eigenvalue weighted by molar-refractivity contribution is 7.89. The lowest BCUT2D eigenvalue weighted by molar-refractivity contribution is 0.0257. The number of aromatic nitrogens is 2. The van der Waals surface area contributed by atoms with Crippen molar-refractivity contribution in [3.05, 3.63) is 42.6 Å². The number of sulfonamides is 1. The zero-order valence-electron chi connectivity index (χ0n) is 17.2. The van der Waals surface area contributed by atoms with Gasteiger partial charge < -0.3 is 14.6 Å². The van der Waals surface area contributed by atoms with Gasteiger partial charge in [-0.05, 0) is 42.8 Å². The minimum absolute atomic E-state index is 0.0554. The summed E-state index contributed by atoms with van der Waals surface area (Å²) < 4.78 is 61.9. The van der Waals surface area contributed by atoms with E-state index in [1.54, 1.807) is 29.3 Å². The monoisotopic (exact) mass is 460 g/mol. The molecule has 168 valence electrons. The van der Waals surface area contributed by atoms with E-state index in [9.17, 15) is 17.2 Å². The first-order valence-electron chi connectivity index (χ1n) is 10.6. The molecule has 3 aliphatic rings. The number of benzene rings is 1. The molecule has 10 heteroatoms. The van der Waals surface area contributed by atoms with Crippen LogP contribution in [0.2, 0.25) is 0 Å². The van der Waals surface area contributed by atoms with Crippen LogP contribution in [0.4, 0.5) is 14.5 Å². The Hall–Kier alpha value is -2.56. The molecule has 3 fully saturated rings. The zero-order chi connectivity index (χ0) is 22.1. The summed E-state index contributed by atoms with van der Waals surface area (Å²) in [5, 5.41) is 0. The van der Waals surface area contributed by atoms with E-state index in [1.165, 1.54) is 10.4 Å². The number of hydrogen-bond donors (Lipinski definition) is 1. The van der Waals surface area contributed by atoms with Crippen LogP contribution in [0.1, 0.15) is 12.8 Å². The quantitative estimate of drug-likeness (QED) is 0.647. The Morgan fingerprint density at radius 2 is 2.09 bits per heavy atom. The smallest absolute Gasteiger partial charge is 0.266 e. The maximum Gasteiger partial charge on any atom is 0.266 e. The molecule has 0 aliphatic carbocycles. The molecule has 1 N–H and O–H groups in total. The lowest BCUT2D eigenvalue weighted by atomic mass is 10.1. The molecule has 2 bridgehead atoms. The van der Waals surface area contributed by atoms with Crippen molar-refractivity contribution in [3.63, 3.8) is 0 Å². The van der Waals surface area contributed by atoms with E-state index in [2.05, 4.69) is 9.97 Å². The fourth-order valence-corrected chi connectivity index (χ4v) is 6.68. The van der Waals surface area contributed by atoms with Crippen LogP contribution < -0.4 is 4.90 Å². The van der Waals surface area contributed by atoms with Gasteiger partial charge in [0.05, 0.1) is 46.9 Å². The first-order chi connectivity index (χ1) is 15.3. The fraction of sp³-hybridized carbons (Fsp3) is 0.409. The van der Waals surface area contributed by atoms with Gasteiger partial charge in [0.1, 0.15) is 0 Å². The van der Waals surface area contributed by atoms with Crippen molar-refractivity contribution >= 4 is 26.7 Å². The third kappa shape index (κ3) is 3.20. The molecule has 0 amide bonds. The standard InChI is InChI=1S/C22H22F2N4O3S/c23-22(24)5-7-27(13-22)21-4-3-16(32(29,30)28-11-15-8-14(28)12-31-15)9-17(21)19-10-20-18(26-19)2-1-6-25-20/h1-4,6,9-10,14-15,26H,5,7-8,11-13H2. The number of hydrogen-bond acceptors (Lipinski definition) is 5. The van der Waals surface area contributed by atoms with E-state index in [4.69, 9.17) is 4.74 Å². The minimum Gasteiger partial charge on any atom is -0.375 e. The van der Waals surface area contributed by atoms with Gasteiger partial charge in [-0.15, -0.1) is 0 Å². The van der Waals surface area contributed by atoms with Crippen molar-refractivity contribution in [2.75, 3.05) is 31.1 Å². The number of aromatic amines is 1. The summed E-state index contributed by atoms with van der Waals surface area (Å²) in [5.74, 6) is -2.77.